The third-order valence-corrected chi connectivity index (χ3v) is 7.32. The van der Waals surface area contributed by atoms with E-state index in [9.17, 15) is 18.0 Å². The molecule has 1 N–H and O–H groups in total. The highest BCUT2D eigenvalue weighted by Crippen LogP contribution is 2.34. The summed E-state index contributed by atoms with van der Waals surface area (Å²) in [6.45, 7) is 4.54. The first kappa shape index (κ1) is 26.6. The van der Waals surface area contributed by atoms with E-state index in [-0.39, 0.29) is 30.2 Å². The highest BCUT2D eigenvalue weighted by atomic mass is 35.5. The van der Waals surface area contributed by atoms with Crippen LogP contribution in [0.2, 0.25) is 5.02 Å². The highest BCUT2D eigenvalue weighted by molar-refractivity contribution is 6.30. The maximum absolute atomic E-state index is 13.2. The molecule has 2 aromatic carbocycles. The first-order chi connectivity index (χ1) is 17.2. The lowest BCUT2D eigenvalue weighted by Gasteiger charge is -2.30. The summed E-state index contributed by atoms with van der Waals surface area (Å²) in [5.74, 6) is 0.00698. The molecule has 0 bridgehead atoms. The number of alkyl halides is 3. The summed E-state index contributed by atoms with van der Waals surface area (Å²) in [7, 11) is 0. The number of nitrogens with zero attached hydrogens (tertiary/aromatic N) is 2. The fraction of sp³-hybridized carbons (Fsp3) is 0.519. The summed E-state index contributed by atoms with van der Waals surface area (Å²) in [5.41, 5.74) is 1.21. The van der Waals surface area contributed by atoms with Crippen molar-refractivity contribution < 1.29 is 22.7 Å². The van der Waals surface area contributed by atoms with Crippen molar-refractivity contribution in [2.45, 2.75) is 57.3 Å². The third-order valence-electron chi connectivity index (χ3n) is 7.07. The van der Waals surface area contributed by atoms with Gasteiger partial charge < -0.3 is 19.9 Å². The number of ether oxygens (including phenoxy) is 1. The largest absolute Gasteiger partial charge is 0.416 e. The van der Waals surface area contributed by atoms with E-state index in [1.807, 2.05) is 29.2 Å². The second-order valence-electron chi connectivity index (χ2n) is 9.65. The van der Waals surface area contributed by atoms with Gasteiger partial charge in [-0.1, -0.05) is 17.7 Å². The zero-order chi connectivity index (χ0) is 25.7. The molecule has 1 amide bonds. The molecule has 1 aliphatic carbocycles. The van der Waals surface area contributed by atoms with Gasteiger partial charge in [-0.15, -0.1) is 0 Å². The summed E-state index contributed by atoms with van der Waals surface area (Å²) in [6, 6.07) is 12.2. The van der Waals surface area contributed by atoms with Crippen LogP contribution in [0.1, 0.15) is 43.2 Å². The predicted molar refractivity (Wildman–Crippen MR) is 137 cm³/mol. The molecule has 1 aliphatic heterocycles. The molecule has 0 spiro atoms. The number of nitrogens with one attached hydrogen (secondary N) is 1. The van der Waals surface area contributed by atoms with Crippen LogP contribution in [0, 0.1) is 6.92 Å². The molecule has 4 rings (SSSR count). The van der Waals surface area contributed by atoms with Gasteiger partial charge >= 0.3 is 6.18 Å². The van der Waals surface area contributed by atoms with Crippen molar-refractivity contribution in [1.29, 1.82) is 0 Å². The molecule has 0 unspecified atom stereocenters. The van der Waals surface area contributed by atoms with E-state index in [0.29, 0.717) is 23.8 Å². The Morgan fingerprint density at radius 3 is 2.44 bits per heavy atom. The van der Waals surface area contributed by atoms with E-state index < -0.39 is 11.7 Å². The number of halogens is 4. The first-order valence-corrected chi connectivity index (χ1v) is 12.9. The molecule has 1 heterocycles. The second-order valence-corrected chi connectivity index (χ2v) is 10.1. The highest BCUT2D eigenvalue weighted by Gasteiger charge is 2.33. The standard InChI is InChI=1S/C27H33ClF3N3O2/c1-19-3-6-22(17-25(19)27(29,30)31)32-21-7-11-24(12-8-21)36-18-26(35)34-14-2-13-33(15-16-34)23-9-4-20(28)5-10-23/h3-6,9-10,17,21,24,32H,2,7-8,11-16,18H2,1H3. The molecule has 0 aromatic heterocycles. The van der Waals surface area contributed by atoms with Crippen LogP contribution < -0.4 is 10.2 Å². The molecular weight excluding hydrogens is 491 g/mol. The first-order valence-electron chi connectivity index (χ1n) is 12.5. The molecular formula is C27H33ClF3N3O2. The van der Waals surface area contributed by atoms with Crippen LogP contribution in [0.25, 0.3) is 0 Å². The number of carbonyl (C=O) groups excluding carboxylic acids is 1. The van der Waals surface area contributed by atoms with Crippen LogP contribution in [0.5, 0.6) is 0 Å². The summed E-state index contributed by atoms with van der Waals surface area (Å²) < 4.78 is 45.5. The lowest BCUT2D eigenvalue weighted by molar-refractivity contribution is -0.139. The van der Waals surface area contributed by atoms with E-state index in [1.54, 1.807) is 6.07 Å². The Morgan fingerprint density at radius 2 is 1.75 bits per heavy atom. The maximum atomic E-state index is 13.2. The van der Waals surface area contributed by atoms with Crippen molar-refractivity contribution in [3.05, 3.63) is 58.6 Å². The number of hydrogen-bond donors (Lipinski definition) is 1. The second kappa shape index (κ2) is 11.7. The van der Waals surface area contributed by atoms with E-state index in [2.05, 4.69) is 10.2 Å². The Bertz CT molecular complexity index is 1020. The van der Waals surface area contributed by atoms with E-state index in [4.69, 9.17) is 16.3 Å². The molecule has 5 nitrogen and oxygen atoms in total. The van der Waals surface area contributed by atoms with Gasteiger partial charge in [0.15, 0.2) is 0 Å². The Kier molecular flexibility index (Phi) is 8.67. The summed E-state index contributed by atoms with van der Waals surface area (Å²) >= 11 is 5.99. The Labute approximate surface area is 215 Å². The fourth-order valence-corrected chi connectivity index (χ4v) is 5.11. The van der Waals surface area contributed by atoms with Gasteiger partial charge in [0, 0.05) is 48.6 Å². The van der Waals surface area contributed by atoms with Gasteiger partial charge in [-0.25, -0.2) is 0 Å². The minimum absolute atomic E-state index is 0.00621. The molecule has 1 saturated carbocycles. The SMILES string of the molecule is Cc1ccc(NC2CCC(OCC(=O)N3CCCN(c4ccc(Cl)cc4)CC3)CC2)cc1C(F)(F)F. The smallest absolute Gasteiger partial charge is 0.382 e. The van der Waals surface area contributed by atoms with Crippen LogP contribution in [0.15, 0.2) is 42.5 Å². The van der Waals surface area contributed by atoms with Crippen molar-refractivity contribution >= 4 is 28.9 Å². The number of carbonyl (C=O) groups is 1. The van der Waals surface area contributed by atoms with Gasteiger partial charge in [-0.2, -0.15) is 13.2 Å². The quantitative estimate of drug-likeness (QED) is 0.493. The average Bonchev–Trinajstić information content (AvgIpc) is 3.11. The summed E-state index contributed by atoms with van der Waals surface area (Å²) in [4.78, 5) is 16.9. The van der Waals surface area contributed by atoms with Gasteiger partial charge in [0.25, 0.3) is 0 Å². The topological polar surface area (TPSA) is 44.8 Å². The molecule has 9 heteroatoms. The van der Waals surface area contributed by atoms with Gasteiger partial charge in [-0.05, 0) is 81.0 Å². The van der Waals surface area contributed by atoms with Gasteiger partial charge in [0.05, 0.1) is 11.7 Å². The van der Waals surface area contributed by atoms with Crippen molar-refractivity contribution in [1.82, 2.24) is 4.90 Å². The van der Waals surface area contributed by atoms with Crippen LogP contribution in [0.3, 0.4) is 0 Å². The number of aryl methyl sites for hydroxylation is 1. The van der Waals surface area contributed by atoms with E-state index in [0.717, 1.165) is 50.9 Å². The number of hydrogen-bond acceptors (Lipinski definition) is 4. The fourth-order valence-electron chi connectivity index (χ4n) is 4.98. The van der Waals surface area contributed by atoms with Crippen LogP contribution in [0.4, 0.5) is 24.5 Å². The Morgan fingerprint density at radius 1 is 1.03 bits per heavy atom. The van der Waals surface area contributed by atoms with Crippen molar-refractivity contribution in [2.24, 2.45) is 0 Å². The monoisotopic (exact) mass is 523 g/mol. The van der Waals surface area contributed by atoms with Gasteiger partial charge in [0.2, 0.25) is 5.91 Å². The Balaban J connectivity index is 1.19. The number of rotatable bonds is 6. The van der Waals surface area contributed by atoms with E-state index >= 15 is 0 Å². The predicted octanol–water partition coefficient (Wildman–Crippen LogP) is 6.15. The third kappa shape index (κ3) is 7.07. The van der Waals surface area contributed by atoms with Crippen molar-refractivity contribution in [2.75, 3.05) is 43.0 Å². The zero-order valence-electron chi connectivity index (χ0n) is 20.5. The van der Waals surface area contributed by atoms with Gasteiger partial charge in [0.1, 0.15) is 6.61 Å². The minimum Gasteiger partial charge on any atom is -0.382 e. The van der Waals surface area contributed by atoms with E-state index in [1.165, 1.54) is 19.1 Å². The molecule has 1 saturated heterocycles. The Hall–Kier alpha value is -2.45. The van der Waals surface area contributed by atoms with Crippen LogP contribution in [-0.2, 0) is 15.7 Å². The van der Waals surface area contributed by atoms with Crippen molar-refractivity contribution in [3.63, 3.8) is 0 Å². The molecule has 0 atom stereocenters. The zero-order valence-corrected chi connectivity index (χ0v) is 21.2. The number of benzene rings is 2. The molecule has 36 heavy (non-hydrogen) atoms. The van der Waals surface area contributed by atoms with Crippen LogP contribution >= 0.6 is 11.6 Å². The summed E-state index contributed by atoms with van der Waals surface area (Å²) in [5, 5.41) is 3.95. The molecule has 2 aliphatic rings. The van der Waals surface area contributed by atoms with Crippen LogP contribution in [-0.4, -0.2) is 55.7 Å². The minimum atomic E-state index is -4.36. The number of anilines is 2. The molecule has 2 fully saturated rings. The maximum Gasteiger partial charge on any atom is 0.416 e. The average molecular weight is 524 g/mol. The van der Waals surface area contributed by atoms with Gasteiger partial charge in [-0.3, -0.25) is 4.79 Å². The normalized spacial score (nSPS) is 21.2. The molecule has 0 radical (unpaired) electrons. The number of amides is 1. The molecule has 2 aromatic rings. The lowest BCUT2D eigenvalue weighted by atomic mass is 9.92. The van der Waals surface area contributed by atoms with Crippen molar-refractivity contribution in [3.8, 4) is 0 Å². The summed E-state index contributed by atoms with van der Waals surface area (Å²) in [6.07, 6.45) is -0.364. The lowest BCUT2D eigenvalue weighted by Crippen LogP contribution is -2.39. The molecule has 196 valence electrons.